The normalized spacial score (nSPS) is 19.2. The average Bonchev–Trinajstić information content (AvgIpc) is 3.13. The Bertz CT molecular complexity index is 815. The Morgan fingerprint density at radius 2 is 1.88 bits per heavy atom. The van der Waals surface area contributed by atoms with Crippen molar-refractivity contribution in [3.63, 3.8) is 0 Å². The molecule has 24 heavy (non-hydrogen) atoms. The third kappa shape index (κ3) is 2.42. The molecule has 2 heterocycles. The number of nitrogens with one attached hydrogen (secondary N) is 1. The van der Waals surface area contributed by atoms with E-state index in [1.54, 1.807) is 0 Å². The molecule has 0 aromatic heterocycles. The Hall–Kier alpha value is -1.87. The highest BCUT2D eigenvalue weighted by Gasteiger charge is 2.30. The van der Waals surface area contributed by atoms with E-state index < -0.39 is 0 Å². The minimum atomic E-state index is 0.271. The molecule has 1 N–H and O–H groups in total. The lowest BCUT2D eigenvalue weighted by Gasteiger charge is -2.30. The van der Waals surface area contributed by atoms with Crippen LogP contribution in [0.4, 0.5) is 5.69 Å². The van der Waals surface area contributed by atoms with Gasteiger partial charge < -0.3 is 10.2 Å². The van der Waals surface area contributed by atoms with Crippen LogP contribution in [-0.4, -0.2) is 11.9 Å². The van der Waals surface area contributed by atoms with Crippen LogP contribution in [0.1, 0.15) is 34.7 Å². The van der Waals surface area contributed by atoms with Crippen molar-refractivity contribution in [2.45, 2.75) is 45.2 Å². The van der Waals surface area contributed by atoms with E-state index in [9.17, 15) is 0 Å². The van der Waals surface area contributed by atoms with Crippen molar-refractivity contribution < 1.29 is 0 Å². The molecule has 0 spiro atoms. The van der Waals surface area contributed by atoms with Crippen LogP contribution in [0.3, 0.4) is 0 Å². The first kappa shape index (κ1) is 15.6. The summed E-state index contributed by atoms with van der Waals surface area (Å²) in [5.74, 6) is 1.20. The number of anilines is 1. The van der Waals surface area contributed by atoms with Gasteiger partial charge in [0.2, 0.25) is 0 Å². The molecule has 2 aromatic rings. The number of nitrogens with zero attached hydrogens (tertiary/aromatic N) is 1. The van der Waals surface area contributed by atoms with E-state index in [2.05, 4.69) is 74.4 Å². The quantitative estimate of drug-likeness (QED) is 0.829. The number of hydrogen-bond acceptors (Lipinski definition) is 3. The van der Waals surface area contributed by atoms with E-state index >= 15 is 0 Å². The van der Waals surface area contributed by atoms with Crippen molar-refractivity contribution in [1.29, 1.82) is 0 Å². The van der Waals surface area contributed by atoms with Gasteiger partial charge in [0.25, 0.3) is 0 Å². The molecule has 4 rings (SSSR count). The molecule has 0 fully saturated rings. The lowest BCUT2D eigenvalue weighted by atomic mass is 9.96. The molecule has 0 radical (unpaired) electrons. The average molecular weight is 337 g/mol. The fourth-order valence-electron chi connectivity index (χ4n) is 4.05. The fourth-order valence-corrected chi connectivity index (χ4v) is 5.25. The maximum Gasteiger partial charge on any atom is 0.101 e. The molecule has 2 nitrogen and oxygen atoms in total. The Kier molecular flexibility index (Phi) is 3.84. The van der Waals surface area contributed by atoms with Gasteiger partial charge in [0, 0.05) is 22.4 Å². The van der Waals surface area contributed by atoms with E-state index in [4.69, 9.17) is 0 Å². The second-order valence-corrected chi connectivity index (χ2v) is 7.98. The zero-order valence-corrected chi connectivity index (χ0v) is 15.6. The van der Waals surface area contributed by atoms with Crippen LogP contribution >= 0.6 is 11.8 Å². The third-order valence-corrected chi connectivity index (χ3v) is 6.16. The Morgan fingerprint density at radius 1 is 1.12 bits per heavy atom. The van der Waals surface area contributed by atoms with Gasteiger partial charge in [-0.3, -0.25) is 0 Å². The number of hydrogen-bond donors (Lipinski definition) is 1. The first-order valence-corrected chi connectivity index (χ1v) is 9.63. The minimum Gasteiger partial charge on any atom is -0.369 e. The Morgan fingerprint density at radius 3 is 2.62 bits per heavy atom. The van der Waals surface area contributed by atoms with E-state index in [-0.39, 0.29) is 6.17 Å². The number of fused-ring (bicyclic) bond motifs is 1. The molecule has 0 aliphatic carbocycles. The summed E-state index contributed by atoms with van der Waals surface area (Å²) in [5.41, 5.74) is 9.51. The molecular formula is C21H24N2S. The summed E-state index contributed by atoms with van der Waals surface area (Å²) >= 11 is 1.99. The second-order valence-electron chi connectivity index (χ2n) is 6.88. The van der Waals surface area contributed by atoms with E-state index in [1.165, 1.54) is 56.3 Å². The minimum absolute atomic E-state index is 0.271. The Labute approximate surface area is 149 Å². The highest BCUT2D eigenvalue weighted by atomic mass is 32.2. The van der Waals surface area contributed by atoms with Crippen molar-refractivity contribution >= 4 is 23.1 Å². The molecule has 3 heteroatoms. The first-order valence-electron chi connectivity index (χ1n) is 8.64. The van der Waals surface area contributed by atoms with Gasteiger partial charge in [0.1, 0.15) is 6.17 Å². The summed E-state index contributed by atoms with van der Waals surface area (Å²) in [6.45, 7) is 8.86. The van der Waals surface area contributed by atoms with Crippen LogP contribution in [0, 0.1) is 20.8 Å². The highest BCUT2D eigenvalue weighted by molar-refractivity contribution is 7.99. The number of aryl methyl sites for hydroxylation is 4. The van der Waals surface area contributed by atoms with Gasteiger partial charge in [0.05, 0.1) is 11.4 Å². The summed E-state index contributed by atoms with van der Waals surface area (Å²) in [6.07, 6.45) is 3.65. The van der Waals surface area contributed by atoms with Gasteiger partial charge in [0.15, 0.2) is 0 Å². The summed E-state index contributed by atoms with van der Waals surface area (Å²) in [6, 6.07) is 11.3. The molecule has 2 aliphatic rings. The number of benzene rings is 2. The maximum atomic E-state index is 3.53. The standard InChI is InChI=1S/C21H24N2S/c1-13-10-14(2)20(15(3)11-13)19-12-22-16(4)23(19)18-7-5-6-17-8-9-24-21(17)18/h5-7,10-12,16,22H,8-9H2,1-4H3/t16-/m1/s1. The lowest BCUT2D eigenvalue weighted by molar-refractivity contribution is 0.683. The summed E-state index contributed by atoms with van der Waals surface area (Å²) in [5, 5.41) is 3.53. The number of rotatable bonds is 2. The zero-order chi connectivity index (χ0) is 16.8. The maximum absolute atomic E-state index is 3.53. The van der Waals surface area contributed by atoms with Crippen molar-refractivity contribution in [1.82, 2.24) is 5.32 Å². The molecule has 0 unspecified atom stereocenters. The second kappa shape index (κ2) is 5.89. The van der Waals surface area contributed by atoms with Gasteiger partial charge in [-0.2, -0.15) is 0 Å². The number of thioether (sulfide) groups is 1. The van der Waals surface area contributed by atoms with E-state index in [0.29, 0.717) is 0 Å². The molecule has 0 amide bonds. The lowest BCUT2D eigenvalue weighted by Crippen LogP contribution is -2.34. The van der Waals surface area contributed by atoms with Gasteiger partial charge in [-0.25, -0.2) is 0 Å². The molecule has 2 aromatic carbocycles. The molecule has 1 atom stereocenters. The summed E-state index contributed by atoms with van der Waals surface area (Å²) in [4.78, 5) is 3.93. The SMILES string of the molecule is Cc1cc(C)c(C2=CN[C@@H](C)N2c2cccc3c2SCC3)c(C)c1. The van der Waals surface area contributed by atoms with Crippen molar-refractivity contribution in [2.75, 3.05) is 10.7 Å². The monoisotopic (exact) mass is 336 g/mol. The van der Waals surface area contributed by atoms with E-state index in [0.717, 1.165) is 0 Å². The van der Waals surface area contributed by atoms with Gasteiger partial charge in [-0.15, -0.1) is 11.8 Å². The van der Waals surface area contributed by atoms with Crippen LogP contribution in [0.25, 0.3) is 5.70 Å². The zero-order valence-electron chi connectivity index (χ0n) is 14.8. The smallest absolute Gasteiger partial charge is 0.101 e. The fraction of sp³-hybridized carbons (Fsp3) is 0.333. The van der Waals surface area contributed by atoms with Gasteiger partial charge in [-0.05, 0) is 56.9 Å². The van der Waals surface area contributed by atoms with Crippen LogP contribution in [0.15, 0.2) is 41.4 Å². The van der Waals surface area contributed by atoms with Crippen molar-refractivity contribution in [3.05, 3.63) is 64.3 Å². The summed E-state index contributed by atoms with van der Waals surface area (Å²) < 4.78 is 0. The van der Waals surface area contributed by atoms with Crippen LogP contribution in [0.2, 0.25) is 0 Å². The predicted octanol–water partition coefficient (Wildman–Crippen LogP) is 5.01. The van der Waals surface area contributed by atoms with E-state index in [1.807, 2.05) is 11.8 Å². The van der Waals surface area contributed by atoms with Crippen LogP contribution in [0.5, 0.6) is 0 Å². The molecule has 0 bridgehead atoms. The van der Waals surface area contributed by atoms with Gasteiger partial charge >= 0.3 is 0 Å². The topological polar surface area (TPSA) is 15.3 Å². The van der Waals surface area contributed by atoms with Crippen molar-refractivity contribution in [3.8, 4) is 0 Å². The predicted molar refractivity (Wildman–Crippen MR) is 105 cm³/mol. The van der Waals surface area contributed by atoms with Crippen molar-refractivity contribution in [2.24, 2.45) is 0 Å². The highest BCUT2D eigenvalue weighted by Crippen LogP contribution is 2.43. The molecule has 2 aliphatic heterocycles. The molecule has 124 valence electrons. The summed E-state index contributed by atoms with van der Waals surface area (Å²) in [7, 11) is 0. The van der Waals surface area contributed by atoms with Gasteiger partial charge in [-0.1, -0.05) is 29.8 Å². The largest absolute Gasteiger partial charge is 0.369 e. The molecular weight excluding hydrogens is 312 g/mol. The molecule has 0 saturated heterocycles. The molecule has 0 saturated carbocycles. The third-order valence-electron chi connectivity index (χ3n) is 4.99. The van der Waals surface area contributed by atoms with Crippen LogP contribution < -0.4 is 10.2 Å². The first-order chi connectivity index (χ1) is 11.6. The van der Waals surface area contributed by atoms with Crippen LogP contribution in [-0.2, 0) is 6.42 Å². The Balaban J connectivity index is 1.85.